The van der Waals surface area contributed by atoms with Crippen molar-refractivity contribution in [1.29, 1.82) is 0 Å². The minimum atomic E-state index is -0.622. The van der Waals surface area contributed by atoms with Crippen molar-refractivity contribution in [1.82, 2.24) is 9.78 Å². The highest BCUT2D eigenvalue weighted by molar-refractivity contribution is 9.10. The maximum absolute atomic E-state index is 13.3. The van der Waals surface area contributed by atoms with Gasteiger partial charge >= 0.3 is 0 Å². The lowest BCUT2D eigenvalue weighted by Gasteiger charge is -2.20. The standard InChI is InChI=1S/C21H22BrN3O3/c1-13-5-7-14(8-6-13)19(21(26)20-18(22)12-25(2)24-20)23-15-9-16(27-3)11-17(10-15)28-4/h5-12,19,23H,1-4H3. The van der Waals surface area contributed by atoms with Crippen molar-refractivity contribution in [2.75, 3.05) is 19.5 Å². The van der Waals surface area contributed by atoms with Gasteiger partial charge in [0.2, 0.25) is 5.78 Å². The number of ketones is 1. The molecular formula is C21H22BrN3O3. The third-order valence-electron chi connectivity index (χ3n) is 4.35. The van der Waals surface area contributed by atoms with Crippen LogP contribution in [0.2, 0.25) is 0 Å². The molecule has 0 aliphatic carbocycles. The molecule has 6 nitrogen and oxygen atoms in total. The lowest BCUT2D eigenvalue weighted by Crippen LogP contribution is -2.22. The average Bonchev–Trinajstić information content (AvgIpc) is 3.04. The molecule has 0 aliphatic heterocycles. The minimum Gasteiger partial charge on any atom is -0.497 e. The van der Waals surface area contributed by atoms with Crippen molar-refractivity contribution >= 4 is 27.4 Å². The number of Topliss-reactive ketones (excluding diaryl/α,β-unsaturated/α-hetero) is 1. The first-order valence-electron chi connectivity index (χ1n) is 8.70. The number of carbonyl (C=O) groups excluding carboxylic acids is 1. The minimum absolute atomic E-state index is 0.141. The Balaban J connectivity index is 2.03. The van der Waals surface area contributed by atoms with E-state index >= 15 is 0 Å². The van der Waals surface area contributed by atoms with Crippen molar-refractivity contribution in [3.05, 3.63) is 70.0 Å². The fraction of sp³-hybridized carbons (Fsp3) is 0.238. The van der Waals surface area contributed by atoms with Gasteiger partial charge < -0.3 is 14.8 Å². The number of nitrogens with one attached hydrogen (secondary N) is 1. The highest BCUT2D eigenvalue weighted by Gasteiger charge is 2.26. The Morgan fingerprint density at radius 1 is 1.11 bits per heavy atom. The predicted octanol–water partition coefficient (Wildman–Crippen LogP) is 4.54. The summed E-state index contributed by atoms with van der Waals surface area (Å²) in [5, 5.41) is 7.63. The molecule has 0 aliphatic rings. The van der Waals surface area contributed by atoms with Gasteiger partial charge in [-0.15, -0.1) is 0 Å². The van der Waals surface area contributed by atoms with Gasteiger partial charge in [0.1, 0.15) is 23.2 Å². The topological polar surface area (TPSA) is 65.4 Å². The van der Waals surface area contributed by atoms with E-state index in [4.69, 9.17) is 9.47 Å². The van der Waals surface area contributed by atoms with Gasteiger partial charge in [-0.1, -0.05) is 29.8 Å². The van der Waals surface area contributed by atoms with Gasteiger partial charge in [-0.2, -0.15) is 5.10 Å². The SMILES string of the molecule is COc1cc(NC(C(=O)c2nn(C)cc2Br)c2ccc(C)cc2)cc(OC)c1. The molecule has 0 bridgehead atoms. The van der Waals surface area contributed by atoms with Gasteiger partial charge in [0.25, 0.3) is 0 Å². The number of hydrogen-bond acceptors (Lipinski definition) is 5. The summed E-state index contributed by atoms with van der Waals surface area (Å²) >= 11 is 3.43. The van der Waals surface area contributed by atoms with E-state index < -0.39 is 6.04 Å². The van der Waals surface area contributed by atoms with E-state index in [0.29, 0.717) is 27.4 Å². The molecule has 7 heteroatoms. The molecule has 1 heterocycles. The number of aromatic nitrogens is 2. The van der Waals surface area contributed by atoms with E-state index in [1.807, 2.05) is 43.3 Å². The first-order valence-corrected chi connectivity index (χ1v) is 9.50. The van der Waals surface area contributed by atoms with Crippen molar-refractivity contribution in [3.8, 4) is 11.5 Å². The number of aryl methyl sites for hydroxylation is 2. The van der Waals surface area contributed by atoms with Gasteiger partial charge in [0, 0.05) is 37.1 Å². The molecule has 1 aromatic heterocycles. The van der Waals surface area contributed by atoms with Crippen LogP contribution >= 0.6 is 15.9 Å². The lowest BCUT2D eigenvalue weighted by molar-refractivity contribution is 0.0963. The van der Waals surface area contributed by atoms with E-state index in [2.05, 4.69) is 26.3 Å². The van der Waals surface area contributed by atoms with E-state index in [1.54, 1.807) is 38.2 Å². The molecule has 2 aromatic carbocycles. The Kier molecular flexibility index (Phi) is 6.04. The fourth-order valence-corrected chi connectivity index (χ4v) is 3.45. The molecule has 28 heavy (non-hydrogen) atoms. The molecule has 0 saturated heterocycles. The van der Waals surface area contributed by atoms with Gasteiger partial charge in [0.05, 0.1) is 18.7 Å². The number of ether oxygens (including phenoxy) is 2. The van der Waals surface area contributed by atoms with Crippen molar-refractivity contribution in [2.24, 2.45) is 7.05 Å². The van der Waals surface area contributed by atoms with Crippen LogP contribution in [0.4, 0.5) is 5.69 Å². The van der Waals surface area contributed by atoms with Crippen LogP contribution in [0.1, 0.15) is 27.7 Å². The number of methoxy groups -OCH3 is 2. The van der Waals surface area contributed by atoms with E-state index in [0.717, 1.165) is 11.1 Å². The summed E-state index contributed by atoms with van der Waals surface area (Å²) in [6, 6.07) is 12.7. The number of rotatable bonds is 7. The Bertz CT molecular complexity index is 961. The van der Waals surface area contributed by atoms with Crippen LogP contribution < -0.4 is 14.8 Å². The summed E-state index contributed by atoms with van der Waals surface area (Å²) in [6.45, 7) is 2.01. The Morgan fingerprint density at radius 2 is 1.71 bits per heavy atom. The van der Waals surface area contributed by atoms with Gasteiger partial charge in [-0.25, -0.2) is 0 Å². The fourth-order valence-electron chi connectivity index (χ4n) is 2.88. The quantitative estimate of drug-likeness (QED) is 0.542. The van der Waals surface area contributed by atoms with Crippen molar-refractivity contribution in [2.45, 2.75) is 13.0 Å². The van der Waals surface area contributed by atoms with Gasteiger partial charge in [-0.05, 0) is 28.4 Å². The van der Waals surface area contributed by atoms with E-state index in [1.165, 1.54) is 0 Å². The number of benzene rings is 2. The summed E-state index contributed by atoms with van der Waals surface area (Å²) < 4.78 is 12.9. The van der Waals surface area contributed by atoms with E-state index in [9.17, 15) is 4.79 Å². The van der Waals surface area contributed by atoms with Gasteiger partial charge in [-0.3, -0.25) is 9.48 Å². The second-order valence-electron chi connectivity index (χ2n) is 6.45. The second-order valence-corrected chi connectivity index (χ2v) is 7.31. The third-order valence-corrected chi connectivity index (χ3v) is 4.93. The number of carbonyl (C=O) groups is 1. The smallest absolute Gasteiger partial charge is 0.210 e. The molecule has 0 spiro atoms. The van der Waals surface area contributed by atoms with Gasteiger partial charge in [0.15, 0.2) is 0 Å². The molecule has 146 valence electrons. The molecular weight excluding hydrogens is 422 g/mol. The molecule has 1 atom stereocenters. The van der Waals surface area contributed by atoms with Crippen LogP contribution in [0.15, 0.2) is 53.1 Å². The summed E-state index contributed by atoms with van der Waals surface area (Å²) in [6.07, 6.45) is 1.76. The second kappa shape index (κ2) is 8.48. The monoisotopic (exact) mass is 443 g/mol. The number of anilines is 1. The number of hydrogen-bond donors (Lipinski definition) is 1. The van der Waals surface area contributed by atoms with Crippen molar-refractivity contribution < 1.29 is 14.3 Å². The highest BCUT2D eigenvalue weighted by Crippen LogP contribution is 2.31. The predicted molar refractivity (Wildman–Crippen MR) is 112 cm³/mol. The zero-order valence-electron chi connectivity index (χ0n) is 16.2. The molecule has 3 aromatic rings. The largest absolute Gasteiger partial charge is 0.497 e. The van der Waals surface area contributed by atoms with Crippen LogP contribution in [0.25, 0.3) is 0 Å². The average molecular weight is 444 g/mol. The third kappa shape index (κ3) is 4.36. The van der Waals surface area contributed by atoms with Crippen LogP contribution in [-0.4, -0.2) is 29.8 Å². The maximum Gasteiger partial charge on any atom is 0.210 e. The summed E-state index contributed by atoms with van der Waals surface area (Å²) in [4.78, 5) is 13.3. The van der Waals surface area contributed by atoms with Crippen molar-refractivity contribution in [3.63, 3.8) is 0 Å². The van der Waals surface area contributed by atoms with Crippen LogP contribution in [0.3, 0.4) is 0 Å². The summed E-state index contributed by atoms with van der Waals surface area (Å²) in [5.74, 6) is 1.13. The lowest BCUT2D eigenvalue weighted by atomic mass is 9.99. The van der Waals surface area contributed by atoms with E-state index in [-0.39, 0.29) is 5.78 Å². The molecule has 0 saturated carbocycles. The number of nitrogens with zero attached hydrogens (tertiary/aromatic N) is 2. The Labute approximate surface area is 172 Å². The highest BCUT2D eigenvalue weighted by atomic mass is 79.9. The molecule has 0 amide bonds. The first-order chi connectivity index (χ1) is 13.4. The molecule has 1 N–H and O–H groups in total. The number of halogens is 1. The summed E-state index contributed by atoms with van der Waals surface area (Å²) in [7, 11) is 4.96. The molecule has 1 unspecified atom stereocenters. The summed E-state index contributed by atoms with van der Waals surface area (Å²) in [5.41, 5.74) is 3.05. The first kappa shape index (κ1) is 19.9. The molecule has 0 radical (unpaired) electrons. The zero-order valence-corrected chi connectivity index (χ0v) is 17.8. The van der Waals surface area contributed by atoms with Crippen LogP contribution in [0.5, 0.6) is 11.5 Å². The Morgan fingerprint density at radius 3 is 2.21 bits per heavy atom. The van der Waals surface area contributed by atoms with Crippen LogP contribution in [-0.2, 0) is 7.05 Å². The van der Waals surface area contributed by atoms with Crippen LogP contribution in [0, 0.1) is 6.92 Å². The Hall–Kier alpha value is -2.80. The molecule has 0 fully saturated rings. The maximum atomic E-state index is 13.3. The normalized spacial score (nSPS) is 11.8. The molecule has 3 rings (SSSR count). The zero-order chi connectivity index (χ0) is 20.3.